The van der Waals surface area contributed by atoms with Crippen LogP contribution in [0, 0.1) is 17.0 Å². The maximum Gasteiger partial charge on any atom is 0.355 e. The van der Waals surface area contributed by atoms with E-state index in [0.29, 0.717) is 22.0 Å². The van der Waals surface area contributed by atoms with Crippen LogP contribution < -0.4 is 4.74 Å². The van der Waals surface area contributed by atoms with Crippen molar-refractivity contribution >= 4 is 77.7 Å². The van der Waals surface area contributed by atoms with Crippen LogP contribution in [-0.4, -0.2) is 46.8 Å². The molecule has 1 fully saturated rings. The number of amides is 1. The number of aryl methyl sites for hydroxylation is 1. The third-order valence-corrected chi connectivity index (χ3v) is 10.1. The Morgan fingerprint density at radius 2 is 2.00 bits per heavy atom. The van der Waals surface area contributed by atoms with Gasteiger partial charge in [0.2, 0.25) is 5.91 Å². The second-order valence-electron chi connectivity index (χ2n) is 9.40. The lowest BCUT2D eigenvalue weighted by molar-refractivity contribution is -0.384. The maximum absolute atomic E-state index is 13.3. The predicted molar refractivity (Wildman–Crippen MR) is 151 cm³/mol. The van der Waals surface area contributed by atoms with Crippen molar-refractivity contribution in [1.29, 1.82) is 0 Å². The van der Waals surface area contributed by atoms with Gasteiger partial charge in [0.05, 0.1) is 15.3 Å². The molecule has 4 heterocycles. The Labute approximate surface area is 243 Å². The van der Waals surface area contributed by atoms with Crippen molar-refractivity contribution in [2.24, 2.45) is 0 Å². The first-order chi connectivity index (χ1) is 19.0. The van der Waals surface area contributed by atoms with Crippen molar-refractivity contribution in [2.45, 2.75) is 36.6 Å². The van der Waals surface area contributed by atoms with E-state index in [1.807, 2.05) is 23.6 Å². The molecule has 0 N–H and O–H groups in total. The van der Waals surface area contributed by atoms with Gasteiger partial charge in [-0.1, -0.05) is 27.3 Å². The third-order valence-electron chi connectivity index (χ3n) is 6.54. The highest BCUT2D eigenvalue weighted by atomic mass is 79.9. The molecule has 2 aromatic carbocycles. The summed E-state index contributed by atoms with van der Waals surface area (Å²) in [5.74, 6) is -0.902. The van der Waals surface area contributed by atoms with Crippen molar-refractivity contribution in [3.63, 3.8) is 0 Å². The van der Waals surface area contributed by atoms with Gasteiger partial charge in [0.15, 0.2) is 10.7 Å². The molecule has 0 saturated carbocycles. The number of non-ortho nitro benzene ring substituents is 1. The molecule has 0 bridgehead atoms. The minimum absolute atomic E-state index is 0.0571. The number of esters is 2. The Balaban J connectivity index is 1.16. The molecule has 11 nitrogen and oxygen atoms in total. The summed E-state index contributed by atoms with van der Waals surface area (Å²) >= 11 is 6.43. The molecule has 204 valence electrons. The van der Waals surface area contributed by atoms with E-state index in [2.05, 4.69) is 15.9 Å². The number of ether oxygens (including phenoxy) is 2. The van der Waals surface area contributed by atoms with Gasteiger partial charge in [0.1, 0.15) is 27.5 Å². The Morgan fingerprint density at radius 1 is 1.25 bits per heavy atom. The van der Waals surface area contributed by atoms with Crippen LogP contribution in [0.2, 0.25) is 0 Å². The van der Waals surface area contributed by atoms with E-state index in [1.54, 1.807) is 11.5 Å². The number of alkyl halides is 1. The number of nitro benzene ring substituents is 1. The molecule has 2 aromatic heterocycles. The first-order valence-electron chi connectivity index (χ1n) is 11.9. The third kappa shape index (κ3) is 4.35. The molecule has 1 amide bonds. The highest BCUT2D eigenvalue weighted by Gasteiger charge is 2.64. The fourth-order valence-electron chi connectivity index (χ4n) is 4.74. The van der Waals surface area contributed by atoms with Crippen LogP contribution in [0.4, 0.5) is 5.69 Å². The molecular formula is C26H19BrN4O7S2. The van der Waals surface area contributed by atoms with Crippen molar-refractivity contribution < 1.29 is 28.8 Å². The lowest BCUT2D eigenvalue weighted by Gasteiger charge is -2.48. The van der Waals surface area contributed by atoms with Gasteiger partial charge < -0.3 is 9.47 Å². The number of hydrogen-bond acceptors (Lipinski definition) is 10. The van der Waals surface area contributed by atoms with Gasteiger partial charge in [-0.3, -0.25) is 29.0 Å². The van der Waals surface area contributed by atoms with E-state index in [1.165, 1.54) is 59.2 Å². The normalized spacial score (nSPS) is 19.9. The number of thiazole rings is 1. The second kappa shape index (κ2) is 9.71. The Kier molecular flexibility index (Phi) is 6.43. The molecule has 0 aliphatic carbocycles. The maximum atomic E-state index is 13.3. The second-order valence-corrected chi connectivity index (χ2v) is 12.8. The number of thioether (sulfide) groups is 1. The van der Waals surface area contributed by atoms with E-state index in [9.17, 15) is 24.5 Å². The highest BCUT2D eigenvalue weighted by molar-refractivity contribution is 9.10. The number of benzene rings is 2. The van der Waals surface area contributed by atoms with Crippen LogP contribution in [-0.2, 0) is 32.1 Å². The lowest BCUT2D eigenvalue weighted by atomic mass is 9.92. The number of nitrogens with zero attached hydrogens (tertiary/aromatic N) is 4. The molecule has 2 atom stereocenters. The highest BCUT2D eigenvalue weighted by Crippen LogP contribution is 2.53. The standard InChI is InChI=1S/C26H19BrN4O7S2/c1-13-7-19(38-14(2)32)21-20(8-13)40-25-28-16(10-29(21)25)9-26(27)23(34)30-18(12-39-24(26)30)22(33)37-11-15-3-5-17(6-4-15)31(35)36/h3-8,10,12,24H,9,11H2,1-2H3. The SMILES string of the molecule is CC(=O)Oc1cc(C)cc2sc3nc(CC4(Br)C(=O)N5C(C(=O)OCc6ccc([N+](=O)[O-])cc6)=CSC54)cn3c12. The molecule has 14 heteroatoms. The molecule has 40 heavy (non-hydrogen) atoms. The summed E-state index contributed by atoms with van der Waals surface area (Å²) in [6, 6.07) is 9.51. The van der Waals surface area contributed by atoms with Gasteiger partial charge in [0, 0.05) is 37.1 Å². The average molecular weight is 643 g/mol. The van der Waals surface area contributed by atoms with Crippen LogP contribution in [0.1, 0.15) is 23.7 Å². The van der Waals surface area contributed by atoms with Crippen molar-refractivity contribution in [3.8, 4) is 5.75 Å². The summed E-state index contributed by atoms with van der Waals surface area (Å²) in [4.78, 5) is 54.9. The molecule has 2 aliphatic rings. The van der Waals surface area contributed by atoms with E-state index < -0.39 is 21.2 Å². The number of nitro groups is 1. The number of fused-ring (bicyclic) bond motifs is 4. The van der Waals surface area contributed by atoms with E-state index in [4.69, 9.17) is 14.5 Å². The largest absolute Gasteiger partial charge is 0.456 e. The van der Waals surface area contributed by atoms with Gasteiger partial charge in [-0.05, 0) is 42.3 Å². The number of hydrogen-bond donors (Lipinski definition) is 0. The number of carbonyl (C=O) groups excluding carboxylic acids is 3. The van der Waals surface area contributed by atoms with Gasteiger partial charge >= 0.3 is 11.9 Å². The van der Waals surface area contributed by atoms with Crippen LogP contribution in [0.15, 0.2) is 53.7 Å². The summed E-state index contributed by atoms with van der Waals surface area (Å²) in [5, 5.41) is 12.1. The Bertz CT molecular complexity index is 1780. The van der Waals surface area contributed by atoms with Crippen molar-refractivity contribution in [3.05, 3.63) is 80.6 Å². The van der Waals surface area contributed by atoms with Gasteiger partial charge in [-0.2, -0.15) is 0 Å². The van der Waals surface area contributed by atoms with Crippen LogP contribution in [0.3, 0.4) is 0 Å². The zero-order chi connectivity index (χ0) is 28.3. The fourth-order valence-corrected chi connectivity index (χ4v) is 8.09. The minimum Gasteiger partial charge on any atom is -0.456 e. The lowest BCUT2D eigenvalue weighted by Crippen LogP contribution is -2.68. The van der Waals surface area contributed by atoms with Crippen LogP contribution in [0.5, 0.6) is 5.75 Å². The first kappa shape index (κ1) is 26.5. The zero-order valence-corrected chi connectivity index (χ0v) is 24.2. The van der Waals surface area contributed by atoms with Gasteiger partial charge in [-0.15, -0.1) is 11.8 Å². The number of halogens is 1. The van der Waals surface area contributed by atoms with E-state index in [0.717, 1.165) is 15.8 Å². The summed E-state index contributed by atoms with van der Waals surface area (Å²) < 4.78 is 12.6. The first-order valence-corrected chi connectivity index (χ1v) is 14.5. The van der Waals surface area contributed by atoms with Gasteiger partial charge in [-0.25, -0.2) is 9.78 Å². The quantitative estimate of drug-likeness (QED) is 0.0691. The number of carbonyl (C=O) groups is 3. The average Bonchev–Trinajstić information content (AvgIpc) is 3.58. The van der Waals surface area contributed by atoms with Crippen molar-refractivity contribution in [1.82, 2.24) is 14.3 Å². The topological polar surface area (TPSA) is 133 Å². The summed E-state index contributed by atoms with van der Waals surface area (Å²) in [5.41, 5.74) is 3.04. The monoisotopic (exact) mass is 642 g/mol. The van der Waals surface area contributed by atoms with Crippen LogP contribution in [0.25, 0.3) is 15.2 Å². The van der Waals surface area contributed by atoms with E-state index >= 15 is 0 Å². The van der Waals surface area contributed by atoms with Crippen LogP contribution >= 0.6 is 39.0 Å². The Morgan fingerprint density at radius 3 is 2.70 bits per heavy atom. The van der Waals surface area contributed by atoms with Crippen molar-refractivity contribution in [2.75, 3.05) is 0 Å². The molecule has 4 aromatic rings. The summed E-state index contributed by atoms with van der Waals surface area (Å²) in [7, 11) is 0. The Hall–Kier alpha value is -3.75. The zero-order valence-electron chi connectivity index (χ0n) is 21.0. The number of rotatable bonds is 7. The molecule has 2 unspecified atom stereocenters. The summed E-state index contributed by atoms with van der Waals surface area (Å²) in [6.07, 6.45) is 2.12. The smallest absolute Gasteiger partial charge is 0.355 e. The minimum atomic E-state index is -0.969. The number of imidazole rings is 1. The molecule has 2 aliphatic heterocycles. The molecule has 1 saturated heterocycles. The molecular weight excluding hydrogens is 624 g/mol. The molecule has 0 radical (unpaired) electrons. The fraction of sp³-hybridized carbons (Fsp3) is 0.231. The number of β-lactam (4-membered cyclic amide) rings is 1. The predicted octanol–water partition coefficient (Wildman–Crippen LogP) is 4.87. The summed E-state index contributed by atoms with van der Waals surface area (Å²) in [6.45, 7) is 3.20. The number of aromatic nitrogens is 2. The van der Waals surface area contributed by atoms with E-state index in [-0.39, 0.29) is 35.7 Å². The van der Waals surface area contributed by atoms with Gasteiger partial charge in [0.25, 0.3) is 5.69 Å². The molecule has 6 rings (SSSR count). The molecule has 0 spiro atoms.